The monoisotopic (exact) mass is 366 g/mol. The van der Waals surface area contributed by atoms with E-state index in [9.17, 15) is 9.59 Å². The summed E-state index contributed by atoms with van der Waals surface area (Å²) in [6.07, 6.45) is 2.39. The number of benzene rings is 2. The first-order valence-corrected chi connectivity index (χ1v) is 9.44. The molecule has 1 atom stereocenters. The van der Waals surface area contributed by atoms with Crippen LogP contribution in [-0.2, 0) is 22.6 Å². The number of carbonyl (C=O) groups excluding carboxylic acids is 2. The fourth-order valence-corrected chi connectivity index (χ4v) is 3.36. The maximum absolute atomic E-state index is 12.3. The van der Waals surface area contributed by atoms with Gasteiger partial charge < -0.3 is 15.0 Å². The molecule has 2 aromatic rings. The van der Waals surface area contributed by atoms with Gasteiger partial charge in [0.1, 0.15) is 18.4 Å². The summed E-state index contributed by atoms with van der Waals surface area (Å²) in [6.45, 7) is 3.31. The van der Waals surface area contributed by atoms with Crippen molar-refractivity contribution in [2.75, 3.05) is 13.1 Å². The molecule has 1 aliphatic heterocycles. The molecule has 1 heterocycles. The zero-order valence-corrected chi connectivity index (χ0v) is 15.7. The van der Waals surface area contributed by atoms with Crippen molar-refractivity contribution in [2.24, 2.45) is 0 Å². The lowest BCUT2D eigenvalue weighted by Crippen LogP contribution is -2.45. The van der Waals surface area contributed by atoms with Crippen molar-refractivity contribution in [2.45, 2.75) is 38.8 Å². The Labute approximate surface area is 160 Å². The molecule has 0 spiro atoms. The second kappa shape index (κ2) is 9.21. The average Bonchev–Trinajstić information content (AvgIpc) is 3.18. The van der Waals surface area contributed by atoms with Gasteiger partial charge in [-0.05, 0) is 42.5 Å². The summed E-state index contributed by atoms with van der Waals surface area (Å²) >= 11 is 0. The van der Waals surface area contributed by atoms with E-state index >= 15 is 0 Å². The minimum absolute atomic E-state index is 0.0289. The SMILES string of the molecule is CC(=O)N1CCC[C@H]1C(=O)NCCc1ccc(OCc2ccccc2)cc1. The van der Waals surface area contributed by atoms with E-state index in [2.05, 4.69) is 5.32 Å². The van der Waals surface area contributed by atoms with Crippen molar-refractivity contribution >= 4 is 11.8 Å². The minimum Gasteiger partial charge on any atom is -0.489 e. The van der Waals surface area contributed by atoms with E-state index in [1.807, 2.05) is 54.6 Å². The van der Waals surface area contributed by atoms with Crippen molar-refractivity contribution in [3.63, 3.8) is 0 Å². The first-order chi connectivity index (χ1) is 13.1. The number of amides is 2. The predicted octanol–water partition coefficient (Wildman–Crippen LogP) is 2.94. The maximum Gasteiger partial charge on any atom is 0.242 e. The summed E-state index contributed by atoms with van der Waals surface area (Å²) in [6, 6.07) is 17.7. The number of likely N-dealkylation sites (tertiary alicyclic amines) is 1. The summed E-state index contributed by atoms with van der Waals surface area (Å²) in [5.41, 5.74) is 2.27. The highest BCUT2D eigenvalue weighted by molar-refractivity contribution is 5.87. The lowest BCUT2D eigenvalue weighted by Gasteiger charge is -2.22. The molecule has 1 fully saturated rings. The number of hydrogen-bond donors (Lipinski definition) is 1. The molecule has 0 bridgehead atoms. The second-order valence-electron chi connectivity index (χ2n) is 6.83. The third-order valence-electron chi connectivity index (χ3n) is 4.84. The maximum atomic E-state index is 12.3. The molecule has 0 aliphatic carbocycles. The Bertz CT molecular complexity index is 759. The molecule has 0 aromatic heterocycles. The zero-order valence-electron chi connectivity index (χ0n) is 15.7. The van der Waals surface area contributed by atoms with Crippen molar-refractivity contribution in [1.29, 1.82) is 0 Å². The molecular formula is C22H26N2O3. The largest absolute Gasteiger partial charge is 0.489 e. The van der Waals surface area contributed by atoms with Gasteiger partial charge >= 0.3 is 0 Å². The molecule has 1 aliphatic rings. The Morgan fingerprint density at radius 3 is 2.52 bits per heavy atom. The van der Waals surface area contributed by atoms with Crippen LogP contribution >= 0.6 is 0 Å². The Balaban J connectivity index is 1.42. The Hall–Kier alpha value is -2.82. The van der Waals surface area contributed by atoms with E-state index in [0.29, 0.717) is 19.7 Å². The molecule has 5 heteroatoms. The quantitative estimate of drug-likeness (QED) is 0.820. The minimum atomic E-state index is -0.309. The van der Waals surface area contributed by atoms with E-state index in [4.69, 9.17) is 4.74 Å². The summed E-state index contributed by atoms with van der Waals surface area (Å²) in [7, 11) is 0. The van der Waals surface area contributed by atoms with Gasteiger partial charge in [-0.2, -0.15) is 0 Å². The first kappa shape index (κ1) is 19.0. The highest BCUT2D eigenvalue weighted by Gasteiger charge is 2.31. The molecule has 5 nitrogen and oxygen atoms in total. The molecular weight excluding hydrogens is 340 g/mol. The van der Waals surface area contributed by atoms with Gasteiger partial charge in [0.25, 0.3) is 0 Å². The van der Waals surface area contributed by atoms with Gasteiger partial charge in [-0.1, -0.05) is 42.5 Å². The van der Waals surface area contributed by atoms with E-state index in [1.165, 1.54) is 6.92 Å². The molecule has 3 rings (SSSR count). The molecule has 0 unspecified atom stereocenters. The number of nitrogens with one attached hydrogen (secondary N) is 1. The lowest BCUT2D eigenvalue weighted by molar-refractivity contribution is -0.136. The second-order valence-corrected chi connectivity index (χ2v) is 6.83. The van der Waals surface area contributed by atoms with Crippen LogP contribution in [0.25, 0.3) is 0 Å². The van der Waals surface area contributed by atoms with Crippen LogP contribution < -0.4 is 10.1 Å². The smallest absolute Gasteiger partial charge is 0.242 e. The Morgan fingerprint density at radius 1 is 1.07 bits per heavy atom. The summed E-state index contributed by atoms with van der Waals surface area (Å²) < 4.78 is 5.78. The number of rotatable bonds is 7. The van der Waals surface area contributed by atoms with Crippen molar-refractivity contribution in [3.05, 3.63) is 65.7 Å². The van der Waals surface area contributed by atoms with Crippen LogP contribution in [0.3, 0.4) is 0 Å². The van der Waals surface area contributed by atoms with Crippen LogP contribution in [0, 0.1) is 0 Å². The Morgan fingerprint density at radius 2 is 1.81 bits per heavy atom. The lowest BCUT2D eigenvalue weighted by atomic mass is 10.1. The first-order valence-electron chi connectivity index (χ1n) is 9.44. The zero-order chi connectivity index (χ0) is 19.1. The predicted molar refractivity (Wildman–Crippen MR) is 104 cm³/mol. The average molecular weight is 366 g/mol. The van der Waals surface area contributed by atoms with Gasteiger partial charge in [0, 0.05) is 20.0 Å². The molecule has 0 saturated carbocycles. The highest BCUT2D eigenvalue weighted by atomic mass is 16.5. The topological polar surface area (TPSA) is 58.6 Å². The van der Waals surface area contributed by atoms with Crippen molar-refractivity contribution in [1.82, 2.24) is 10.2 Å². The van der Waals surface area contributed by atoms with Crippen molar-refractivity contribution < 1.29 is 14.3 Å². The van der Waals surface area contributed by atoms with Gasteiger partial charge in [0.05, 0.1) is 0 Å². The van der Waals surface area contributed by atoms with Crippen LogP contribution in [0.1, 0.15) is 30.9 Å². The number of carbonyl (C=O) groups is 2. The van der Waals surface area contributed by atoms with Gasteiger partial charge in [-0.15, -0.1) is 0 Å². The molecule has 2 amide bonds. The molecule has 0 radical (unpaired) electrons. The third-order valence-corrected chi connectivity index (χ3v) is 4.84. The van der Waals surface area contributed by atoms with E-state index in [1.54, 1.807) is 4.90 Å². The van der Waals surface area contributed by atoms with E-state index in [-0.39, 0.29) is 17.9 Å². The molecule has 27 heavy (non-hydrogen) atoms. The van der Waals surface area contributed by atoms with E-state index < -0.39 is 0 Å². The highest BCUT2D eigenvalue weighted by Crippen LogP contribution is 2.17. The fraction of sp³-hybridized carbons (Fsp3) is 0.364. The number of nitrogens with zero attached hydrogens (tertiary/aromatic N) is 1. The van der Waals surface area contributed by atoms with Gasteiger partial charge in [0.15, 0.2) is 0 Å². The van der Waals surface area contributed by atoms with Crippen LogP contribution in [-0.4, -0.2) is 35.8 Å². The van der Waals surface area contributed by atoms with Crippen LogP contribution in [0.2, 0.25) is 0 Å². The van der Waals surface area contributed by atoms with Gasteiger partial charge in [0.2, 0.25) is 11.8 Å². The molecule has 1 N–H and O–H groups in total. The molecule has 142 valence electrons. The van der Waals surface area contributed by atoms with Gasteiger partial charge in [-0.25, -0.2) is 0 Å². The number of ether oxygens (including phenoxy) is 1. The van der Waals surface area contributed by atoms with Crippen LogP contribution in [0.5, 0.6) is 5.75 Å². The number of hydrogen-bond acceptors (Lipinski definition) is 3. The van der Waals surface area contributed by atoms with Crippen LogP contribution in [0.15, 0.2) is 54.6 Å². The third kappa shape index (κ3) is 5.33. The van der Waals surface area contributed by atoms with Gasteiger partial charge in [-0.3, -0.25) is 9.59 Å². The summed E-state index contributed by atoms with van der Waals surface area (Å²) in [5.74, 6) is 0.749. The molecule has 1 saturated heterocycles. The van der Waals surface area contributed by atoms with Crippen LogP contribution in [0.4, 0.5) is 0 Å². The Kier molecular flexibility index (Phi) is 6.47. The fourth-order valence-electron chi connectivity index (χ4n) is 3.36. The standard InChI is InChI=1S/C22H26N2O3/c1-17(25)24-15-5-8-21(24)22(26)23-14-13-18-9-11-20(12-10-18)27-16-19-6-3-2-4-7-19/h2-4,6-7,9-12,21H,5,8,13-16H2,1H3,(H,23,26)/t21-/m0/s1. The normalized spacial score (nSPS) is 16.2. The van der Waals surface area contributed by atoms with Crippen molar-refractivity contribution in [3.8, 4) is 5.75 Å². The summed E-state index contributed by atoms with van der Waals surface area (Å²) in [4.78, 5) is 25.5. The van der Waals surface area contributed by atoms with E-state index in [0.717, 1.165) is 36.1 Å². The molecule has 2 aromatic carbocycles. The summed E-state index contributed by atoms with van der Waals surface area (Å²) in [5, 5.41) is 2.96.